The highest BCUT2D eigenvalue weighted by molar-refractivity contribution is 7.90. The molecule has 2 N–H and O–H groups in total. The molecule has 110 valence electrons. The van der Waals surface area contributed by atoms with Crippen LogP contribution >= 0.6 is 0 Å². The normalized spacial score (nSPS) is 10.3. The van der Waals surface area contributed by atoms with Gasteiger partial charge in [-0.25, -0.2) is 8.42 Å². The molecule has 0 saturated carbocycles. The maximum Gasteiger partial charge on any atom is 0.148 e. The van der Waals surface area contributed by atoms with Crippen LogP contribution in [0.25, 0.3) is 0 Å². The van der Waals surface area contributed by atoms with Crippen LogP contribution in [-0.2, 0) is 9.84 Å². The van der Waals surface area contributed by atoms with Gasteiger partial charge < -0.3 is 10.6 Å². The van der Waals surface area contributed by atoms with Gasteiger partial charge in [-0.05, 0) is 27.9 Å². The molecule has 0 aliphatic rings. The van der Waals surface area contributed by atoms with Crippen molar-refractivity contribution in [3.63, 3.8) is 0 Å². The lowest BCUT2D eigenvalue weighted by Crippen LogP contribution is -2.24. The summed E-state index contributed by atoms with van der Waals surface area (Å²) in [5.74, 6) is 0.226. The summed E-state index contributed by atoms with van der Waals surface area (Å²) >= 11 is 0. The molecule has 0 saturated heterocycles. The smallest absolute Gasteiger partial charge is 0.148 e. The van der Waals surface area contributed by atoms with Crippen LogP contribution in [0, 0.1) is 16.7 Å². The average molecular weight is 279 g/mol. The molecule has 18 heavy (non-hydrogen) atoms. The number of hydrogen-bond acceptors (Lipinski definition) is 5. The zero-order valence-corrected chi connectivity index (χ0v) is 13.6. The molecule has 5 nitrogen and oxygen atoms in total. The number of rotatable bonds is 5. The van der Waals surface area contributed by atoms with E-state index in [-0.39, 0.29) is 11.2 Å². The molecular weight excluding hydrogens is 250 g/mol. The summed E-state index contributed by atoms with van der Waals surface area (Å²) < 4.78 is 20.7. The van der Waals surface area contributed by atoms with Crippen molar-refractivity contribution >= 4 is 9.84 Å². The lowest BCUT2D eigenvalue weighted by Gasteiger charge is -2.12. The number of sulfone groups is 1. The van der Waals surface area contributed by atoms with Gasteiger partial charge in [0.1, 0.15) is 9.84 Å². The molecule has 0 rings (SSSR count). The van der Waals surface area contributed by atoms with Crippen LogP contribution in [-0.4, -0.2) is 47.6 Å². The maximum atomic E-state index is 10.4. The largest absolute Gasteiger partial charge is 0.319 e. The van der Waals surface area contributed by atoms with Crippen LogP contribution in [0.1, 0.15) is 27.7 Å². The van der Waals surface area contributed by atoms with Crippen molar-refractivity contribution in [3.05, 3.63) is 0 Å². The fraction of sp³-hybridized carbons (Fsp3) is 0.917. The molecule has 0 unspecified atom stereocenters. The third kappa shape index (κ3) is 24.5. The van der Waals surface area contributed by atoms with E-state index in [4.69, 9.17) is 5.26 Å². The molecule has 0 spiro atoms. The van der Waals surface area contributed by atoms with Gasteiger partial charge in [0, 0.05) is 19.3 Å². The van der Waals surface area contributed by atoms with Crippen molar-refractivity contribution in [1.82, 2.24) is 10.6 Å². The number of hydrogen-bond donors (Lipinski definition) is 2. The van der Waals surface area contributed by atoms with Gasteiger partial charge in [-0.1, -0.05) is 13.8 Å². The van der Waals surface area contributed by atoms with Gasteiger partial charge in [-0.3, -0.25) is 0 Å². The second kappa shape index (κ2) is 12.8. The monoisotopic (exact) mass is 279 g/mol. The first-order chi connectivity index (χ1) is 8.18. The number of nitrogens with one attached hydrogen (secondary N) is 2. The van der Waals surface area contributed by atoms with E-state index in [0.717, 1.165) is 6.54 Å². The van der Waals surface area contributed by atoms with Gasteiger partial charge in [-0.2, -0.15) is 5.26 Å². The van der Waals surface area contributed by atoms with E-state index >= 15 is 0 Å². The zero-order valence-electron chi connectivity index (χ0n) is 12.8. The van der Waals surface area contributed by atoms with Gasteiger partial charge in [0.25, 0.3) is 0 Å². The molecule has 0 atom stereocenters. The van der Waals surface area contributed by atoms with Crippen LogP contribution in [0.5, 0.6) is 0 Å². The molecule has 0 aliphatic carbocycles. The van der Waals surface area contributed by atoms with E-state index < -0.39 is 9.84 Å². The second-order valence-electron chi connectivity index (χ2n) is 4.26. The molecule has 0 amide bonds. The summed E-state index contributed by atoms with van der Waals surface area (Å²) in [6.45, 7) is 9.11. The Morgan fingerprint density at radius 3 is 1.72 bits per heavy atom. The van der Waals surface area contributed by atoms with Gasteiger partial charge >= 0.3 is 0 Å². The molecule has 6 heteroatoms. The number of nitriles is 1. The molecule has 0 bridgehead atoms. The highest BCUT2D eigenvalue weighted by Gasteiger charge is 2.13. The Kier molecular flexibility index (Phi) is 16.0. The predicted molar refractivity (Wildman–Crippen MR) is 78.3 cm³/mol. The van der Waals surface area contributed by atoms with E-state index in [9.17, 15) is 8.42 Å². The van der Waals surface area contributed by atoms with E-state index in [2.05, 4.69) is 16.7 Å². The van der Waals surface area contributed by atoms with Crippen LogP contribution < -0.4 is 10.6 Å². The average Bonchev–Trinajstić information content (AvgIpc) is 2.29. The zero-order chi connectivity index (χ0) is 15.2. The van der Waals surface area contributed by atoms with Crippen molar-refractivity contribution in [1.29, 1.82) is 5.26 Å². The van der Waals surface area contributed by atoms with E-state index in [1.54, 1.807) is 7.05 Å². The second-order valence-corrected chi connectivity index (χ2v) is 6.52. The molecule has 0 heterocycles. The third-order valence-corrected chi connectivity index (χ3v) is 2.59. The standard InChI is InChI=1S/C6H12N2.C4H11NO2S.C2H6/c1-6(2,4-7)5-8-3;1-5-3-4-8(2,6)7;1-2/h8H,5H2,1-3H3;5H,3-4H2,1-2H3;1-2H3. The Balaban J connectivity index is -0.000000219. The SMILES string of the molecule is CC.CNCC(C)(C)C#N.CNCCS(C)(=O)=O. The first-order valence-electron chi connectivity index (χ1n) is 6.06. The first kappa shape index (κ1) is 22.5. The Labute approximate surface area is 113 Å². The molecule has 0 aliphatic heterocycles. The lowest BCUT2D eigenvalue weighted by molar-refractivity contribution is 0.468. The van der Waals surface area contributed by atoms with Crippen molar-refractivity contribution in [2.24, 2.45) is 5.41 Å². The van der Waals surface area contributed by atoms with Crippen molar-refractivity contribution in [2.75, 3.05) is 39.2 Å². The fourth-order valence-electron chi connectivity index (χ4n) is 0.769. The minimum atomic E-state index is -2.75. The summed E-state index contributed by atoms with van der Waals surface area (Å²) in [7, 11) is 0.825. The van der Waals surface area contributed by atoms with Crippen LogP contribution in [0.3, 0.4) is 0 Å². The van der Waals surface area contributed by atoms with Gasteiger partial charge in [-0.15, -0.1) is 0 Å². The predicted octanol–water partition coefficient (Wildman–Crippen LogP) is 1.03. The van der Waals surface area contributed by atoms with E-state index in [0.29, 0.717) is 6.54 Å². The number of nitrogens with zero attached hydrogens (tertiary/aromatic N) is 1. The molecule has 0 aromatic rings. The maximum absolute atomic E-state index is 10.4. The van der Waals surface area contributed by atoms with Crippen molar-refractivity contribution < 1.29 is 8.42 Å². The topological polar surface area (TPSA) is 82.0 Å². The van der Waals surface area contributed by atoms with E-state index in [1.165, 1.54) is 6.26 Å². The van der Waals surface area contributed by atoms with Crippen molar-refractivity contribution in [2.45, 2.75) is 27.7 Å². The highest BCUT2D eigenvalue weighted by atomic mass is 32.2. The molecule has 0 aromatic carbocycles. The van der Waals surface area contributed by atoms with Crippen molar-refractivity contribution in [3.8, 4) is 6.07 Å². The fourth-order valence-corrected chi connectivity index (χ4v) is 1.34. The summed E-state index contributed by atoms with van der Waals surface area (Å²) in [5.41, 5.74) is -0.214. The van der Waals surface area contributed by atoms with E-state index in [1.807, 2.05) is 34.7 Å². The Bertz CT molecular complexity index is 306. The summed E-state index contributed by atoms with van der Waals surface area (Å²) in [5, 5.41) is 14.1. The molecular formula is C12H29N3O2S. The Morgan fingerprint density at radius 2 is 1.61 bits per heavy atom. The Hall–Kier alpha value is -0.640. The summed E-state index contributed by atoms with van der Waals surface area (Å²) in [4.78, 5) is 0. The highest BCUT2D eigenvalue weighted by Crippen LogP contribution is 2.09. The minimum Gasteiger partial charge on any atom is -0.319 e. The molecule has 0 radical (unpaired) electrons. The summed E-state index contributed by atoms with van der Waals surface area (Å²) in [6.07, 6.45) is 1.23. The van der Waals surface area contributed by atoms with Gasteiger partial charge in [0.2, 0.25) is 0 Å². The van der Waals surface area contributed by atoms with Gasteiger partial charge in [0.05, 0.1) is 17.2 Å². The minimum absolute atomic E-state index is 0.214. The molecule has 0 aromatic heterocycles. The van der Waals surface area contributed by atoms with Crippen LogP contribution in [0.15, 0.2) is 0 Å². The first-order valence-corrected chi connectivity index (χ1v) is 8.13. The van der Waals surface area contributed by atoms with Gasteiger partial charge in [0.15, 0.2) is 0 Å². The Morgan fingerprint density at radius 1 is 1.17 bits per heavy atom. The molecule has 0 fully saturated rings. The van der Waals surface area contributed by atoms with Crippen LogP contribution in [0.4, 0.5) is 0 Å². The summed E-state index contributed by atoms with van der Waals surface area (Å²) in [6, 6.07) is 2.18. The quantitative estimate of drug-likeness (QED) is 0.785. The lowest BCUT2D eigenvalue weighted by atomic mass is 9.96. The van der Waals surface area contributed by atoms with Crippen LogP contribution in [0.2, 0.25) is 0 Å². The third-order valence-electron chi connectivity index (χ3n) is 1.64.